The lowest BCUT2D eigenvalue weighted by molar-refractivity contribution is 0.0686. The number of rotatable bonds is 5. The molecule has 29 heavy (non-hydrogen) atoms. The highest BCUT2D eigenvalue weighted by Crippen LogP contribution is 2.36. The van der Waals surface area contributed by atoms with Crippen LogP contribution in [0.3, 0.4) is 0 Å². The summed E-state index contributed by atoms with van der Waals surface area (Å²) in [6, 6.07) is 15.4. The molecule has 0 amide bonds. The number of hydrogen-bond donors (Lipinski definition) is 0. The molecule has 3 heterocycles. The van der Waals surface area contributed by atoms with E-state index in [2.05, 4.69) is 20.4 Å². The van der Waals surface area contributed by atoms with E-state index in [4.69, 9.17) is 18.3 Å². The van der Waals surface area contributed by atoms with Gasteiger partial charge in [0, 0.05) is 5.56 Å². The number of benzene rings is 2. The second-order valence-electron chi connectivity index (χ2n) is 6.43. The van der Waals surface area contributed by atoms with Crippen LogP contribution in [0.1, 0.15) is 23.4 Å². The summed E-state index contributed by atoms with van der Waals surface area (Å²) in [6.45, 7) is 2.34. The van der Waals surface area contributed by atoms with Crippen LogP contribution >= 0.6 is 11.8 Å². The molecule has 0 bridgehead atoms. The molecule has 9 heteroatoms. The maximum Gasteiger partial charge on any atom is 0.277 e. The summed E-state index contributed by atoms with van der Waals surface area (Å²) in [6.07, 6.45) is -0.441. The minimum atomic E-state index is -0.441. The highest BCUT2D eigenvalue weighted by molar-refractivity contribution is 7.98. The predicted molar refractivity (Wildman–Crippen MR) is 104 cm³/mol. The van der Waals surface area contributed by atoms with Crippen LogP contribution < -0.4 is 9.47 Å². The van der Waals surface area contributed by atoms with E-state index in [-0.39, 0.29) is 0 Å². The molecule has 0 radical (unpaired) electrons. The second-order valence-corrected chi connectivity index (χ2v) is 7.35. The molecule has 0 saturated carbocycles. The van der Waals surface area contributed by atoms with Crippen molar-refractivity contribution in [2.24, 2.45) is 0 Å². The summed E-state index contributed by atoms with van der Waals surface area (Å²) in [5.41, 5.74) is 2.06. The maximum absolute atomic E-state index is 5.88. The van der Waals surface area contributed by atoms with Gasteiger partial charge < -0.3 is 18.3 Å². The van der Waals surface area contributed by atoms with Gasteiger partial charge in [0.15, 0.2) is 11.5 Å². The molecule has 4 aromatic rings. The fraction of sp³-hybridized carbons (Fsp3) is 0.200. The van der Waals surface area contributed by atoms with Gasteiger partial charge in [-0.3, -0.25) is 0 Å². The first kappa shape index (κ1) is 17.7. The molecule has 0 fully saturated rings. The Morgan fingerprint density at radius 3 is 2.62 bits per heavy atom. The van der Waals surface area contributed by atoms with Crippen LogP contribution in [-0.2, 0) is 5.75 Å². The van der Waals surface area contributed by atoms with E-state index in [1.165, 1.54) is 17.3 Å². The lowest BCUT2D eigenvalue weighted by Crippen LogP contribution is -2.21. The topological polar surface area (TPSA) is 96.3 Å². The lowest BCUT2D eigenvalue weighted by atomic mass is 10.1. The van der Waals surface area contributed by atoms with Crippen molar-refractivity contribution in [1.29, 1.82) is 0 Å². The number of thioether (sulfide) groups is 1. The first-order valence-corrected chi connectivity index (χ1v) is 9.97. The van der Waals surface area contributed by atoms with Crippen molar-refractivity contribution in [1.82, 2.24) is 20.4 Å². The molecule has 0 N–H and O–H groups in total. The summed E-state index contributed by atoms with van der Waals surface area (Å²) >= 11 is 1.32. The van der Waals surface area contributed by atoms with E-state index in [0.29, 0.717) is 46.8 Å². The second kappa shape index (κ2) is 7.59. The van der Waals surface area contributed by atoms with E-state index in [9.17, 15) is 0 Å². The fourth-order valence-electron chi connectivity index (χ4n) is 2.80. The van der Waals surface area contributed by atoms with Crippen molar-refractivity contribution in [2.45, 2.75) is 24.0 Å². The third kappa shape index (κ3) is 3.81. The van der Waals surface area contributed by atoms with E-state index in [1.807, 2.05) is 55.5 Å². The summed E-state index contributed by atoms with van der Waals surface area (Å²) < 4.78 is 23.0. The molecular weight excluding hydrogens is 392 g/mol. The van der Waals surface area contributed by atoms with Crippen molar-refractivity contribution < 1.29 is 18.3 Å². The largest absolute Gasteiger partial charge is 0.485 e. The SMILES string of the molecule is Cc1ccc(-c2nnc(CSc3nnc(C4COc5ccccc5O4)o3)o2)cc1. The summed E-state index contributed by atoms with van der Waals surface area (Å²) in [7, 11) is 0. The van der Waals surface area contributed by atoms with Gasteiger partial charge in [-0.05, 0) is 31.2 Å². The minimum Gasteiger partial charge on any atom is -0.485 e. The Hall–Kier alpha value is -3.33. The number of aromatic nitrogens is 4. The highest BCUT2D eigenvalue weighted by atomic mass is 32.2. The molecule has 1 atom stereocenters. The van der Waals surface area contributed by atoms with Crippen LogP contribution in [0, 0.1) is 6.92 Å². The van der Waals surface area contributed by atoms with Gasteiger partial charge in [0.05, 0.1) is 5.75 Å². The molecule has 2 aromatic heterocycles. The molecule has 2 aromatic carbocycles. The van der Waals surface area contributed by atoms with Crippen LogP contribution in [0.2, 0.25) is 0 Å². The van der Waals surface area contributed by atoms with Crippen LogP contribution in [-0.4, -0.2) is 27.0 Å². The van der Waals surface area contributed by atoms with Crippen molar-refractivity contribution in [3.8, 4) is 23.0 Å². The minimum absolute atomic E-state index is 0.312. The summed E-state index contributed by atoms with van der Waals surface area (Å²) in [5, 5.41) is 16.7. The number of para-hydroxylation sites is 2. The zero-order chi connectivity index (χ0) is 19.6. The predicted octanol–water partition coefficient (Wildman–Crippen LogP) is 4.23. The van der Waals surface area contributed by atoms with E-state index >= 15 is 0 Å². The van der Waals surface area contributed by atoms with Gasteiger partial charge in [-0.15, -0.1) is 20.4 Å². The zero-order valence-electron chi connectivity index (χ0n) is 15.4. The molecule has 1 aliphatic heterocycles. The first-order chi connectivity index (χ1) is 14.2. The van der Waals surface area contributed by atoms with Gasteiger partial charge in [0.25, 0.3) is 11.1 Å². The first-order valence-electron chi connectivity index (χ1n) is 8.99. The number of ether oxygens (including phenoxy) is 2. The zero-order valence-corrected chi connectivity index (χ0v) is 16.3. The molecule has 1 unspecified atom stereocenters. The Labute approximate surface area is 170 Å². The molecular formula is C20H16N4O4S. The Kier molecular flexibility index (Phi) is 4.65. The number of nitrogens with zero attached hydrogens (tertiary/aromatic N) is 4. The Bertz CT molecular complexity index is 1130. The molecule has 1 aliphatic rings. The van der Waals surface area contributed by atoms with Crippen molar-refractivity contribution in [3.05, 3.63) is 65.9 Å². The average molecular weight is 408 g/mol. The molecule has 146 valence electrons. The van der Waals surface area contributed by atoms with Crippen LogP contribution in [0.25, 0.3) is 11.5 Å². The monoisotopic (exact) mass is 408 g/mol. The lowest BCUT2D eigenvalue weighted by Gasteiger charge is -2.23. The Balaban J connectivity index is 1.22. The van der Waals surface area contributed by atoms with Crippen molar-refractivity contribution in [2.75, 3.05) is 6.61 Å². The molecule has 0 aliphatic carbocycles. The third-order valence-corrected chi connectivity index (χ3v) is 5.09. The van der Waals surface area contributed by atoms with E-state index in [0.717, 1.165) is 5.56 Å². The Morgan fingerprint density at radius 2 is 1.76 bits per heavy atom. The van der Waals surface area contributed by atoms with Gasteiger partial charge in [-0.25, -0.2) is 0 Å². The fourth-order valence-corrected chi connectivity index (χ4v) is 3.40. The molecule has 0 spiro atoms. The number of hydrogen-bond acceptors (Lipinski definition) is 9. The van der Waals surface area contributed by atoms with Crippen LogP contribution in [0.15, 0.2) is 62.6 Å². The molecule has 8 nitrogen and oxygen atoms in total. The standard InChI is InChI=1S/C20H16N4O4S/c1-12-6-8-13(9-7-12)18-22-21-17(27-18)11-29-20-24-23-19(28-20)16-10-25-14-4-2-3-5-15(14)26-16/h2-9,16H,10-11H2,1H3. The van der Waals surface area contributed by atoms with Gasteiger partial charge in [-0.2, -0.15) is 0 Å². The van der Waals surface area contributed by atoms with Crippen molar-refractivity contribution >= 4 is 11.8 Å². The van der Waals surface area contributed by atoms with E-state index in [1.54, 1.807) is 0 Å². The summed E-state index contributed by atoms with van der Waals surface area (Å²) in [4.78, 5) is 0. The Morgan fingerprint density at radius 1 is 0.931 bits per heavy atom. The quantitative estimate of drug-likeness (QED) is 0.449. The van der Waals surface area contributed by atoms with Crippen molar-refractivity contribution in [3.63, 3.8) is 0 Å². The molecule has 0 saturated heterocycles. The smallest absolute Gasteiger partial charge is 0.277 e. The van der Waals surface area contributed by atoms with Gasteiger partial charge in [0.2, 0.25) is 17.9 Å². The maximum atomic E-state index is 5.88. The van der Waals surface area contributed by atoms with Gasteiger partial charge in [-0.1, -0.05) is 41.6 Å². The number of fused-ring (bicyclic) bond motifs is 1. The van der Waals surface area contributed by atoms with Crippen LogP contribution in [0.5, 0.6) is 11.5 Å². The van der Waals surface area contributed by atoms with Gasteiger partial charge in [0.1, 0.15) is 6.61 Å². The third-order valence-electron chi connectivity index (χ3n) is 4.29. The normalized spacial score (nSPS) is 15.4. The highest BCUT2D eigenvalue weighted by Gasteiger charge is 2.27. The van der Waals surface area contributed by atoms with E-state index < -0.39 is 6.10 Å². The van der Waals surface area contributed by atoms with Gasteiger partial charge >= 0.3 is 0 Å². The number of aryl methyl sites for hydroxylation is 1. The average Bonchev–Trinajstić information content (AvgIpc) is 3.42. The summed E-state index contributed by atoms with van der Waals surface area (Å²) in [5.74, 6) is 3.12. The van der Waals surface area contributed by atoms with Crippen LogP contribution in [0.4, 0.5) is 0 Å². The molecule has 5 rings (SSSR count).